The summed E-state index contributed by atoms with van der Waals surface area (Å²) < 4.78 is 6.87. The molecule has 0 saturated heterocycles. The Morgan fingerprint density at radius 3 is 2.75 bits per heavy atom. The quantitative estimate of drug-likeness (QED) is 0.507. The summed E-state index contributed by atoms with van der Waals surface area (Å²) in [7, 11) is 0. The molecule has 2 aromatic rings. The molecule has 0 unspecified atom stereocenters. The Labute approximate surface area is 127 Å². The normalized spacial score (nSPS) is 11.4. The molecule has 0 aromatic heterocycles. The third-order valence-electron chi connectivity index (χ3n) is 2.96. The van der Waals surface area contributed by atoms with Crippen LogP contribution in [-0.2, 0) is 6.61 Å². The predicted octanol–water partition coefficient (Wildman–Crippen LogP) is 4.53. The lowest BCUT2D eigenvalue weighted by Crippen LogP contribution is -2.03. The molecule has 0 atom stereocenters. The molecule has 104 valence electrons. The Kier molecular flexibility index (Phi) is 4.79. The first-order valence-corrected chi connectivity index (χ1v) is 7.06. The van der Waals surface area contributed by atoms with Crippen LogP contribution in [0.15, 0.2) is 52.1 Å². The van der Waals surface area contributed by atoms with E-state index in [4.69, 9.17) is 9.94 Å². The molecular weight excluding hydrogens is 318 g/mol. The number of aryl methyl sites for hydroxylation is 1. The molecule has 1 N–H and O–H groups in total. The molecule has 2 aromatic carbocycles. The van der Waals surface area contributed by atoms with Crippen LogP contribution in [0, 0.1) is 6.92 Å². The van der Waals surface area contributed by atoms with Gasteiger partial charge in [-0.3, -0.25) is 0 Å². The molecule has 4 heteroatoms. The molecule has 0 radical (unpaired) electrons. The molecule has 0 saturated carbocycles. The van der Waals surface area contributed by atoms with Gasteiger partial charge in [-0.05, 0) is 43.7 Å². The highest BCUT2D eigenvalue weighted by molar-refractivity contribution is 9.10. The number of hydrogen-bond acceptors (Lipinski definition) is 3. The summed E-state index contributed by atoms with van der Waals surface area (Å²) >= 11 is 3.44. The van der Waals surface area contributed by atoms with Crippen molar-refractivity contribution >= 4 is 21.6 Å². The van der Waals surface area contributed by atoms with Crippen molar-refractivity contribution in [1.29, 1.82) is 0 Å². The lowest BCUT2D eigenvalue weighted by Gasteiger charge is -2.12. The van der Waals surface area contributed by atoms with Crippen LogP contribution >= 0.6 is 15.9 Å². The van der Waals surface area contributed by atoms with Crippen molar-refractivity contribution in [2.24, 2.45) is 5.16 Å². The van der Waals surface area contributed by atoms with Crippen LogP contribution in [-0.4, -0.2) is 10.9 Å². The average Bonchev–Trinajstić information content (AvgIpc) is 2.45. The van der Waals surface area contributed by atoms with Crippen molar-refractivity contribution in [3.8, 4) is 5.75 Å². The van der Waals surface area contributed by atoms with E-state index in [1.807, 2.05) is 49.4 Å². The summed E-state index contributed by atoms with van der Waals surface area (Å²) in [6.45, 7) is 4.21. The lowest BCUT2D eigenvalue weighted by molar-refractivity contribution is 0.303. The summed E-state index contributed by atoms with van der Waals surface area (Å²) in [4.78, 5) is 0. The van der Waals surface area contributed by atoms with Crippen molar-refractivity contribution < 1.29 is 9.94 Å². The molecule has 0 bridgehead atoms. The standard InChI is InChI=1S/C16H16BrNO2/c1-11-6-7-16(15(8-11)12(2)18-19)20-10-13-4-3-5-14(17)9-13/h3-9,19H,10H2,1-2H3/b18-12+. The van der Waals surface area contributed by atoms with Crippen LogP contribution in [0.4, 0.5) is 0 Å². The fraction of sp³-hybridized carbons (Fsp3) is 0.188. The van der Waals surface area contributed by atoms with Crippen molar-refractivity contribution in [2.45, 2.75) is 20.5 Å². The smallest absolute Gasteiger partial charge is 0.128 e. The first kappa shape index (κ1) is 14.6. The minimum absolute atomic E-state index is 0.466. The van der Waals surface area contributed by atoms with E-state index >= 15 is 0 Å². The fourth-order valence-electron chi connectivity index (χ4n) is 1.89. The molecule has 0 aliphatic rings. The van der Waals surface area contributed by atoms with Crippen LogP contribution in [0.2, 0.25) is 0 Å². The lowest BCUT2D eigenvalue weighted by atomic mass is 10.1. The predicted molar refractivity (Wildman–Crippen MR) is 83.7 cm³/mol. The Morgan fingerprint density at radius 1 is 1.25 bits per heavy atom. The van der Waals surface area contributed by atoms with E-state index in [1.54, 1.807) is 6.92 Å². The first-order chi connectivity index (χ1) is 9.60. The average molecular weight is 334 g/mol. The van der Waals surface area contributed by atoms with Gasteiger partial charge in [-0.2, -0.15) is 0 Å². The Hall–Kier alpha value is -1.81. The summed E-state index contributed by atoms with van der Waals surface area (Å²) in [5.41, 5.74) is 3.52. The molecule has 0 spiro atoms. The highest BCUT2D eigenvalue weighted by atomic mass is 79.9. The number of benzene rings is 2. The fourth-order valence-corrected chi connectivity index (χ4v) is 2.34. The molecule has 3 nitrogen and oxygen atoms in total. The topological polar surface area (TPSA) is 41.8 Å². The van der Waals surface area contributed by atoms with E-state index in [9.17, 15) is 0 Å². The van der Waals surface area contributed by atoms with Gasteiger partial charge in [-0.1, -0.05) is 44.8 Å². The zero-order chi connectivity index (χ0) is 14.5. The first-order valence-electron chi connectivity index (χ1n) is 6.27. The van der Waals surface area contributed by atoms with E-state index < -0.39 is 0 Å². The minimum atomic E-state index is 0.466. The van der Waals surface area contributed by atoms with Crippen LogP contribution in [0.3, 0.4) is 0 Å². The second kappa shape index (κ2) is 6.57. The van der Waals surface area contributed by atoms with Crippen LogP contribution in [0.25, 0.3) is 0 Å². The van der Waals surface area contributed by atoms with Crippen LogP contribution in [0.1, 0.15) is 23.6 Å². The van der Waals surface area contributed by atoms with Gasteiger partial charge in [-0.15, -0.1) is 0 Å². The van der Waals surface area contributed by atoms with Gasteiger partial charge < -0.3 is 9.94 Å². The van der Waals surface area contributed by atoms with E-state index in [0.717, 1.165) is 21.2 Å². The molecule has 0 amide bonds. The van der Waals surface area contributed by atoms with Crippen molar-refractivity contribution in [1.82, 2.24) is 0 Å². The highest BCUT2D eigenvalue weighted by Gasteiger charge is 2.08. The molecule has 0 aliphatic heterocycles. The summed E-state index contributed by atoms with van der Waals surface area (Å²) in [5.74, 6) is 0.714. The largest absolute Gasteiger partial charge is 0.488 e. The number of nitrogens with zero attached hydrogens (tertiary/aromatic N) is 1. The zero-order valence-corrected chi connectivity index (χ0v) is 13.0. The number of oxime groups is 1. The van der Waals surface area contributed by atoms with Gasteiger partial charge in [0.2, 0.25) is 0 Å². The maximum atomic E-state index is 8.95. The monoisotopic (exact) mass is 333 g/mol. The molecule has 0 aliphatic carbocycles. The van der Waals surface area contributed by atoms with Crippen LogP contribution < -0.4 is 4.74 Å². The summed E-state index contributed by atoms with van der Waals surface area (Å²) in [6, 6.07) is 13.8. The number of rotatable bonds is 4. The molecule has 0 fully saturated rings. The number of halogens is 1. The summed E-state index contributed by atoms with van der Waals surface area (Å²) in [6.07, 6.45) is 0. The van der Waals surface area contributed by atoms with E-state index in [0.29, 0.717) is 18.1 Å². The van der Waals surface area contributed by atoms with E-state index in [-0.39, 0.29) is 0 Å². The van der Waals surface area contributed by atoms with E-state index in [1.165, 1.54) is 0 Å². The van der Waals surface area contributed by atoms with Gasteiger partial charge in [0, 0.05) is 10.0 Å². The van der Waals surface area contributed by atoms with Crippen molar-refractivity contribution in [3.05, 3.63) is 63.6 Å². The molecule has 0 heterocycles. The maximum absolute atomic E-state index is 8.95. The van der Waals surface area contributed by atoms with Gasteiger partial charge in [-0.25, -0.2) is 0 Å². The number of ether oxygens (including phenoxy) is 1. The zero-order valence-electron chi connectivity index (χ0n) is 11.4. The van der Waals surface area contributed by atoms with Crippen molar-refractivity contribution in [2.75, 3.05) is 0 Å². The minimum Gasteiger partial charge on any atom is -0.488 e. The third-order valence-corrected chi connectivity index (χ3v) is 3.45. The number of hydrogen-bond donors (Lipinski definition) is 1. The molecule has 2 rings (SSSR count). The van der Waals surface area contributed by atoms with Gasteiger partial charge in [0.05, 0.1) is 5.71 Å². The van der Waals surface area contributed by atoms with E-state index in [2.05, 4.69) is 21.1 Å². The van der Waals surface area contributed by atoms with Gasteiger partial charge in [0.1, 0.15) is 12.4 Å². The van der Waals surface area contributed by atoms with Crippen molar-refractivity contribution in [3.63, 3.8) is 0 Å². The van der Waals surface area contributed by atoms with Gasteiger partial charge in [0.15, 0.2) is 0 Å². The second-order valence-corrected chi connectivity index (χ2v) is 5.52. The Bertz CT molecular complexity index is 638. The van der Waals surface area contributed by atoms with Gasteiger partial charge >= 0.3 is 0 Å². The Balaban J connectivity index is 2.21. The molecule has 20 heavy (non-hydrogen) atoms. The second-order valence-electron chi connectivity index (χ2n) is 4.60. The Morgan fingerprint density at radius 2 is 2.05 bits per heavy atom. The SMILES string of the molecule is C/C(=N\O)c1cc(C)ccc1OCc1cccc(Br)c1. The summed E-state index contributed by atoms with van der Waals surface area (Å²) in [5, 5.41) is 12.2. The highest BCUT2D eigenvalue weighted by Crippen LogP contribution is 2.22. The molecular formula is C16H16BrNO2. The maximum Gasteiger partial charge on any atom is 0.128 e. The van der Waals surface area contributed by atoms with Gasteiger partial charge in [0.25, 0.3) is 0 Å². The third kappa shape index (κ3) is 3.61. The van der Waals surface area contributed by atoms with Crippen LogP contribution in [0.5, 0.6) is 5.75 Å².